The van der Waals surface area contributed by atoms with Gasteiger partial charge in [0.15, 0.2) is 0 Å². The number of carbonyl (C=O) groups excluding carboxylic acids is 2. The largest absolute Gasteiger partial charge is 0.461 e. The fraction of sp³-hybridized carbons (Fsp3) is 0.167. The van der Waals surface area contributed by atoms with Crippen molar-refractivity contribution in [2.45, 2.75) is 11.3 Å². The molecule has 4 heteroatoms. The second kappa shape index (κ2) is 6.85. The lowest BCUT2D eigenvalue weighted by atomic mass is 10.4. The smallest absolute Gasteiger partial charge is 0.314 e. The van der Waals surface area contributed by atoms with E-state index in [2.05, 4.69) is 6.58 Å². The van der Waals surface area contributed by atoms with E-state index in [4.69, 9.17) is 4.74 Å². The lowest BCUT2D eigenvalue weighted by molar-refractivity contribution is -0.143. The molecule has 0 atom stereocenters. The summed E-state index contributed by atoms with van der Waals surface area (Å²) in [7, 11) is 0. The van der Waals surface area contributed by atoms with Crippen molar-refractivity contribution in [3.05, 3.63) is 43.0 Å². The van der Waals surface area contributed by atoms with Crippen LogP contribution in [0.2, 0.25) is 0 Å². The molecule has 1 aromatic carbocycles. The molecule has 0 saturated carbocycles. The van der Waals surface area contributed by atoms with Crippen molar-refractivity contribution in [2.24, 2.45) is 0 Å². The molecule has 0 fully saturated rings. The van der Waals surface area contributed by atoms with Gasteiger partial charge in [0.2, 0.25) is 5.12 Å². The van der Waals surface area contributed by atoms with Crippen molar-refractivity contribution >= 4 is 22.8 Å². The first kappa shape index (κ1) is 12.5. The summed E-state index contributed by atoms with van der Waals surface area (Å²) >= 11 is 1.04. The minimum Gasteiger partial charge on any atom is -0.461 e. The van der Waals surface area contributed by atoms with Crippen LogP contribution in [0.3, 0.4) is 0 Å². The predicted molar refractivity (Wildman–Crippen MR) is 63.1 cm³/mol. The number of hydrogen-bond acceptors (Lipinski definition) is 4. The van der Waals surface area contributed by atoms with Crippen molar-refractivity contribution in [2.75, 3.05) is 6.61 Å². The number of esters is 1. The molecule has 0 radical (unpaired) electrons. The molecular formula is C12H12O3S. The van der Waals surface area contributed by atoms with Crippen molar-refractivity contribution in [1.29, 1.82) is 0 Å². The molecule has 0 aliphatic rings. The minimum atomic E-state index is -0.520. The first-order valence-corrected chi connectivity index (χ1v) is 5.56. The maximum atomic E-state index is 11.4. The van der Waals surface area contributed by atoms with Gasteiger partial charge < -0.3 is 4.74 Å². The highest BCUT2D eigenvalue weighted by Gasteiger charge is 2.11. The molecule has 0 aromatic heterocycles. The molecule has 0 aliphatic heterocycles. The van der Waals surface area contributed by atoms with E-state index in [-0.39, 0.29) is 18.1 Å². The maximum absolute atomic E-state index is 11.4. The van der Waals surface area contributed by atoms with E-state index in [0.29, 0.717) is 0 Å². The molecule has 0 aliphatic carbocycles. The number of thioether (sulfide) groups is 1. The van der Waals surface area contributed by atoms with Gasteiger partial charge in [0.25, 0.3) is 0 Å². The Bertz CT molecular complexity index is 373. The molecule has 0 saturated heterocycles. The average molecular weight is 236 g/mol. The van der Waals surface area contributed by atoms with E-state index < -0.39 is 5.97 Å². The topological polar surface area (TPSA) is 43.4 Å². The summed E-state index contributed by atoms with van der Waals surface area (Å²) in [4.78, 5) is 23.3. The summed E-state index contributed by atoms with van der Waals surface area (Å²) < 4.78 is 4.71. The van der Waals surface area contributed by atoms with Crippen LogP contribution in [0.4, 0.5) is 0 Å². The third kappa shape index (κ3) is 4.79. The third-order valence-electron chi connectivity index (χ3n) is 1.63. The van der Waals surface area contributed by atoms with Crippen molar-refractivity contribution in [1.82, 2.24) is 0 Å². The SMILES string of the molecule is C=CCOC(=O)CC(=O)Sc1ccccc1. The molecular weight excluding hydrogens is 224 g/mol. The molecule has 0 amide bonds. The standard InChI is InChI=1S/C12H12O3S/c1-2-8-15-11(13)9-12(14)16-10-6-4-3-5-7-10/h2-7H,1,8-9H2. The Labute approximate surface area is 98.5 Å². The first-order valence-electron chi connectivity index (χ1n) is 4.74. The second-order valence-electron chi connectivity index (χ2n) is 2.94. The maximum Gasteiger partial charge on any atom is 0.314 e. The summed E-state index contributed by atoms with van der Waals surface area (Å²) in [5.74, 6) is -0.520. The van der Waals surface area contributed by atoms with Gasteiger partial charge in [-0.2, -0.15) is 0 Å². The Morgan fingerprint density at radius 1 is 1.31 bits per heavy atom. The van der Waals surface area contributed by atoms with Gasteiger partial charge in [0.1, 0.15) is 13.0 Å². The van der Waals surface area contributed by atoms with Crippen LogP contribution in [0.25, 0.3) is 0 Å². The molecule has 16 heavy (non-hydrogen) atoms. The monoisotopic (exact) mass is 236 g/mol. The van der Waals surface area contributed by atoms with E-state index in [1.54, 1.807) is 0 Å². The first-order chi connectivity index (χ1) is 7.72. The van der Waals surface area contributed by atoms with Crippen molar-refractivity contribution < 1.29 is 14.3 Å². The Kier molecular flexibility index (Phi) is 5.36. The van der Waals surface area contributed by atoms with Crippen LogP contribution in [0.5, 0.6) is 0 Å². The predicted octanol–water partition coefficient (Wildman–Crippen LogP) is 2.42. The lowest BCUT2D eigenvalue weighted by Crippen LogP contribution is -2.08. The second-order valence-corrected chi connectivity index (χ2v) is 4.07. The van der Waals surface area contributed by atoms with E-state index in [1.807, 2.05) is 30.3 Å². The van der Waals surface area contributed by atoms with Gasteiger partial charge in [0.05, 0.1) is 0 Å². The van der Waals surface area contributed by atoms with E-state index >= 15 is 0 Å². The van der Waals surface area contributed by atoms with Crippen LogP contribution in [-0.2, 0) is 14.3 Å². The average Bonchev–Trinajstić information content (AvgIpc) is 2.27. The fourth-order valence-electron chi connectivity index (χ4n) is 0.977. The number of rotatable bonds is 5. The van der Waals surface area contributed by atoms with Gasteiger partial charge in [-0.05, 0) is 12.1 Å². The minimum absolute atomic E-state index is 0.141. The molecule has 0 unspecified atom stereocenters. The highest BCUT2D eigenvalue weighted by atomic mass is 32.2. The third-order valence-corrected chi connectivity index (χ3v) is 2.51. The summed E-state index contributed by atoms with van der Waals surface area (Å²) in [5.41, 5.74) is 0. The lowest BCUT2D eigenvalue weighted by Gasteiger charge is -2.01. The van der Waals surface area contributed by atoms with Crippen molar-refractivity contribution in [3.8, 4) is 0 Å². The van der Waals surface area contributed by atoms with Gasteiger partial charge in [-0.15, -0.1) is 0 Å². The van der Waals surface area contributed by atoms with Gasteiger partial charge >= 0.3 is 5.97 Å². The summed E-state index contributed by atoms with van der Waals surface area (Å²) in [6.07, 6.45) is 1.25. The molecule has 0 bridgehead atoms. The van der Waals surface area contributed by atoms with E-state index in [0.717, 1.165) is 16.7 Å². The molecule has 3 nitrogen and oxygen atoms in total. The molecule has 1 aromatic rings. The highest BCUT2D eigenvalue weighted by molar-refractivity contribution is 8.13. The Hall–Kier alpha value is -1.55. The van der Waals surface area contributed by atoms with Crippen LogP contribution in [0.15, 0.2) is 47.9 Å². The van der Waals surface area contributed by atoms with E-state index in [9.17, 15) is 9.59 Å². The summed E-state index contributed by atoms with van der Waals surface area (Å²) in [5, 5.41) is -0.222. The van der Waals surface area contributed by atoms with Gasteiger partial charge in [0, 0.05) is 4.90 Å². The van der Waals surface area contributed by atoms with Gasteiger partial charge in [-0.1, -0.05) is 42.6 Å². The zero-order valence-corrected chi connectivity index (χ0v) is 9.53. The van der Waals surface area contributed by atoms with Crippen LogP contribution in [0, 0.1) is 0 Å². The Morgan fingerprint density at radius 3 is 2.62 bits per heavy atom. The normalized spacial score (nSPS) is 9.50. The van der Waals surface area contributed by atoms with E-state index in [1.165, 1.54) is 6.08 Å². The van der Waals surface area contributed by atoms with Gasteiger partial charge in [-0.3, -0.25) is 9.59 Å². The van der Waals surface area contributed by atoms with Gasteiger partial charge in [-0.25, -0.2) is 0 Å². The zero-order chi connectivity index (χ0) is 11.8. The quantitative estimate of drug-likeness (QED) is 0.341. The number of hydrogen-bond donors (Lipinski definition) is 0. The molecule has 0 spiro atoms. The number of benzene rings is 1. The van der Waals surface area contributed by atoms with Crippen molar-refractivity contribution in [3.63, 3.8) is 0 Å². The fourth-order valence-corrected chi connectivity index (χ4v) is 1.72. The highest BCUT2D eigenvalue weighted by Crippen LogP contribution is 2.19. The van der Waals surface area contributed by atoms with Crippen LogP contribution >= 0.6 is 11.8 Å². The molecule has 0 N–H and O–H groups in total. The zero-order valence-electron chi connectivity index (χ0n) is 8.72. The summed E-state index contributed by atoms with van der Waals surface area (Å²) in [6, 6.07) is 9.18. The summed E-state index contributed by atoms with van der Waals surface area (Å²) in [6.45, 7) is 3.55. The number of carbonyl (C=O) groups is 2. The van der Waals surface area contributed by atoms with Crippen LogP contribution in [0.1, 0.15) is 6.42 Å². The van der Waals surface area contributed by atoms with Crippen LogP contribution < -0.4 is 0 Å². The molecule has 0 heterocycles. The number of ether oxygens (including phenoxy) is 1. The van der Waals surface area contributed by atoms with Crippen LogP contribution in [-0.4, -0.2) is 17.7 Å². The Morgan fingerprint density at radius 2 is 2.00 bits per heavy atom. The molecule has 1 rings (SSSR count). The molecule has 84 valence electrons. The Balaban J connectivity index is 2.36.